The quantitative estimate of drug-likeness (QED) is 0.408. The molecular weight excluding hydrogens is 438 g/mol. The van der Waals surface area contributed by atoms with Crippen LogP contribution in [0.4, 0.5) is 5.95 Å². The number of carbonyl (C=O) groups is 2. The smallest absolute Gasteiger partial charge is 0.296 e. The lowest BCUT2D eigenvalue weighted by Gasteiger charge is -2.24. The number of ketones is 1. The van der Waals surface area contributed by atoms with Gasteiger partial charge in [-0.25, -0.2) is 4.98 Å². The Hall–Kier alpha value is -3.91. The molecule has 0 spiro atoms. The number of ether oxygens (including phenoxy) is 1. The standard InChI is InChI=1S/C25H21N3O4S/c1-13-11-17-18(12-14(13)2)27-25(26-17)28-21(15-6-8-16(32-3)9-7-15)20(23(30)24(28)31)22(29)19-5-4-10-33-19/h4-12,21,30H,1-3H3,(H,26,27). The normalized spacial score (nSPS) is 16.2. The van der Waals surface area contributed by atoms with Gasteiger partial charge in [0.1, 0.15) is 5.75 Å². The molecular formula is C25H21N3O4S. The van der Waals surface area contributed by atoms with E-state index in [1.807, 2.05) is 26.0 Å². The summed E-state index contributed by atoms with van der Waals surface area (Å²) in [5.74, 6) is -0.725. The maximum atomic E-state index is 13.4. The number of carbonyl (C=O) groups excluding carboxylic acids is 2. The average molecular weight is 460 g/mol. The number of thiophene rings is 1. The zero-order valence-electron chi connectivity index (χ0n) is 18.2. The highest BCUT2D eigenvalue weighted by Crippen LogP contribution is 2.42. The van der Waals surface area contributed by atoms with Crippen LogP contribution in [0.2, 0.25) is 0 Å². The molecule has 7 nitrogen and oxygen atoms in total. The molecule has 3 heterocycles. The van der Waals surface area contributed by atoms with Gasteiger partial charge in [0.2, 0.25) is 11.7 Å². The van der Waals surface area contributed by atoms with E-state index in [-0.39, 0.29) is 17.3 Å². The van der Waals surface area contributed by atoms with Crippen molar-refractivity contribution in [1.82, 2.24) is 9.97 Å². The predicted molar refractivity (Wildman–Crippen MR) is 127 cm³/mol. The third kappa shape index (κ3) is 3.39. The molecule has 2 aromatic heterocycles. The van der Waals surface area contributed by atoms with E-state index in [1.165, 1.54) is 16.2 Å². The van der Waals surface area contributed by atoms with Crippen molar-refractivity contribution in [2.45, 2.75) is 19.9 Å². The molecule has 0 saturated heterocycles. The minimum atomic E-state index is -0.847. The van der Waals surface area contributed by atoms with Gasteiger partial charge >= 0.3 is 0 Å². The summed E-state index contributed by atoms with van der Waals surface area (Å²) in [7, 11) is 1.57. The maximum Gasteiger partial charge on any atom is 0.296 e. The Labute approximate surface area is 194 Å². The van der Waals surface area contributed by atoms with Crippen LogP contribution in [0.15, 0.2) is 65.2 Å². The molecule has 166 valence electrons. The molecule has 8 heteroatoms. The van der Waals surface area contributed by atoms with Gasteiger partial charge in [0, 0.05) is 0 Å². The molecule has 1 atom stereocenters. The SMILES string of the molecule is COc1ccc(C2C(C(=O)c3cccs3)=C(O)C(=O)N2c2nc3cc(C)c(C)cc3[nH]2)cc1. The first kappa shape index (κ1) is 21.0. The van der Waals surface area contributed by atoms with Crippen molar-refractivity contribution in [3.8, 4) is 5.75 Å². The molecule has 0 fully saturated rings. The van der Waals surface area contributed by atoms with E-state index in [4.69, 9.17) is 4.74 Å². The van der Waals surface area contributed by atoms with E-state index in [0.717, 1.165) is 16.6 Å². The number of anilines is 1. The van der Waals surface area contributed by atoms with Crippen molar-refractivity contribution >= 4 is 40.0 Å². The number of nitrogens with zero attached hydrogens (tertiary/aromatic N) is 2. The summed E-state index contributed by atoms with van der Waals surface area (Å²) < 4.78 is 5.26. The fourth-order valence-electron chi connectivity index (χ4n) is 4.07. The Balaban J connectivity index is 1.68. The van der Waals surface area contributed by atoms with E-state index >= 15 is 0 Å². The number of aromatic nitrogens is 2. The number of amides is 1. The molecule has 0 aliphatic carbocycles. The summed E-state index contributed by atoms with van der Waals surface area (Å²) in [6.07, 6.45) is 0. The van der Waals surface area contributed by atoms with Gasteiger partial charge in [-0.1, -0.05) is 18.2 Å². The lowest BCUT2D eigenvalue weighted by Crippen LogP contribution is -2.31. The Morgan fingerprint density at radius 3 is 2.55 bits per heavy atom. The molecule has 5 rings (SSSR count). The number of aliphatic hydroxyl groups excluding tert-OH is 1. The summed E-state index contributed by atoms with van der Waals surface area (Å²) in [5.41, 5.74) is 4.32. The van der Waals surface area contributed by atoms with Crippen LogP contribution >= 0.6 is 11.3 Å². The molecule has 1 unspecified atom stereocenters. The van der Waals surface area contributed by atoms with Gasteiger partial charge in [0.15, 0.2) is 5.76 Å². The number of H-pyrrole nitrogens is 1. The second-order valence-corrected chi connectivity index (χ2v) is 8.88. The van der Waals surface area contributed by atoms with Crippen molar-refractivity contribution in [3.05, 3.63) is 86.8 Å². The van der Waals surface area contributed by atoms with Gasteiger partial charge in [-0.2, -0.15) is 0 Å². The van der Waals surface area contributed by atoms with Crippen LogP contribution in [0.5, 0.6) is 5.75 Å². The molecule has 0 saturated carbocycles. The van der Waals surface area contributed by atoms with E-state index in [9.17, 15) is 14.7 Å². The Morgan fingerprint density at radius 1 is 1.15 bits per heavy atom. The topological polar surface area (TPSA) is 95.5 Å². The van der Waals surface area contributed by atoms with Crippen molar-refractivity contribution in [1.29, 1.82) is 0 Å². The van der Waals surface area contributed by atoms with E-state index in [1.54, 1.807) is 48.9 Å². The zero-order chi connectivity index (χ0) is 23.3. The summed E-state index contributed by atoms with van der Waals surface area (Å²) in [6.45, 7) is 4.00. The number of benzene rings is 2. The van der Waals surface area contributed by atoms with E-state index < -0.39 is 17.7 Å². The monoisotopic (exact) mass is 459 g/mol. The molecule has 1 amide bonds. The van der Waals surface area contributed by atoms with Crippen molar-refractivity contribution in [2.24, 2.45) is 0 Å². The molecule has 4 aromatic rings. The van der Waals surface area contributed by atoms with Crippen molar-refractivity contribution in [3.63, 3.8) is 0 Å². The number of aryl methyl sites for hydroxylation is 2. The van der Waals surface area contributed by atoms with E-state index in [2.05, 4.69) is 9.97 Å². The highest BCUT2D eigenvalue weighted by Gasteiger charge is 2.46. The van der Waals surface area contributed by atoms with Crippen LogP contribution in [0.3, 0.4) is 0 Å². The van der Waals surface area contributed by atoms with Crippen LogP contribution in [-0.4, -0.2) is 33.9 Å². The second-order valence-electron chi connectivity index (χ2n) is 7.93. The first-order chi connectivity index (χ1) is 15.9. The molecule has 1 aliphatic rings. The summed E-state index contributed by atoms with van der Waals surface area (Å²) >= 11 is 1.26. The lowest BCUT2D eigenvalue weighted by atomic mass is 9.95. The fraction of sp³-hybridized carbons (Fsp3) is 0.160. The van der Waals surface area contributed by atoms with Gasteiger partial charge in [0.05, 0.1) is 34.6 Å². The first-order valence-electron chi connectivity index (χ1n) is 10.3. The number of aliphatic hydroxyl groups is 1. The van der Waals surface area contributed by atoms with Crippen LogP contribution in [0, 0.1) is 13.8 Å². The van der Waals surface area contributed by atoms with Gasteiger partial charge < -0.3 is 14.8 Å². The van der Waals surface area contributed by atoms with Crippen molar-refractivity contribution in [2.75, 3.05) is 12.0 Å². The number of Topliss-reactive ketones (excluding diaryl/α,β-unsaturated/α-hetero) is 1. The average Bonchev–Trinajstić information content (AvgIpc) is 3.53. The first-order valence-corrected chi connectivity index (χ1v) is 11.2. The molecule has 2 N–H and O–H groups in total. The zero-order valence-corrected chi connectivity index (χ0v) is 19.1. The third-order valence-electron chi connectivity index (χ3n) is 5.94. The van der Waals surface area contributed by atoms with Gasteiger partial charge in [-0.3, -0.25) is 14.5 Å². The number of hydrogen-bond donors (Lipinski definition) is 2. The van der Waals surface area contributed by atoms with Crippen LogP contribution in [-0.2, 0) is 4.79 Å². The van der Waals surface area contributed by atoms with Gasteiger partial charge in [-0.15, -0.1) is 11.3 Å². The summed E-state index contributed by atoms with van der Waals surface area (Å²) in [4.78, 5) is 36.3. The number of rotatable bonds is 5. The Morgan fingerprint density at radius 2 is 1.88 bits per heavy atom. The third-order valence-corrected chi connectivity index (χ3v) is 6.81. The number of nitrogens with one attached hydrogen (secondary N) is 1. The van der Waals surface area contributed by atoms with Gasteiger partial charge in [-0.05, 0) is 66.2 Å². The predicted octanol–water partition coefficient (Wildman–Crippen LogP) is 5.03. The molecule has 0 bridgehead atoms. The number of imidazole rings is 1. The molecule has 0 radical (unpaired) electrons. The largest absolute Gasteiger partial charge is 0.503 e. The van der Waals surface area contributed by atoms with Crippen molar-refractivity contribution < 1.29 is 19.4 Å². The number of fused-ring (bicyclic) bond motifs is 1. The second kappa shape index (κ2) is 7.90. The highest BCUT2D eigenvalue weighted by atomic mass is 32.1. The number of methoxy groups -OCH3 is 1. The number of aromatic amines is 1. The van der Waals surface area contributed by atoms with Gasteiger partial charge in [0.25, 0.3) is 5.91 Å². The van der Waals surface area contributed by atoms with E-state index in [0.29, 0.717) is 21.7 Å². The minimum Gasteiger partial charge on any atom is -0.503 e. The Kier molecular flexibility index (Phi) is 5.02. The lowest BCUT2D eigenvalue weighted by molar-refractivity contribution is -0.117. The van der Waals surface area contributed by atoms with Crippen LogP contribution in [0.25, 0.3) is 11.0 Å². The number of hydrogen-bond acceptors (Lipinski definition) is 6. The summed E-state index contributed by atoms with van der Waals surface area (Å²) in [6, 6.07) is 13.6. The summed E-state index contributed by atoms with van der Waals surface area (Å²) in [5, 5.41) is 12.6. The molecule has 33 heavy (non-hydrogen) atoms. The Bertz CT molecular complexity index is 1380. The molecule has 1 aliphatic heterocycles. The maximum absolute atomic E-state index is 13.4. The minimum absolute atomic E-state index is 0.0282. The highest BCUT2D eigenvalue weighted by molar-refractivity contribution is 7.12. The van der Waals surface area contributed by atoms with Crippen LogP contribution < -0.4 is 9.64 Å². The fourth-order valence-corrected chi connectivity index (χ4v) is 4.75. The van der Waals surface area contributed by atoms with Crippen LogP contribution in [0.1, 0.15) is 32.4 Å². The molecule has 2 aromatic carbocycles.